The van der Waals surface area contributed by atoms with Crippen LogP contribution in [0.25, 0.3) is 0 Å². The average Bonchev–Trinajstić information content (AvgIpc) is 2.97. The normalized spacial score (nSPS) is 16.0. The highest BCUT2D eigenvalue weighted by Crippen LogP contribution is 2.27. The van der Waals surface area contributed by atoms with E-state index in [1.165, 1.54) is 0 Å². The van der Waals surface area contributed by atoms with E-state index in [1.807, 2.05) is 13.8 Å². The topological polar surface area (TPSA) is 84.2 Å². The molecule has 0 bridgehead atoms. The molecule has 26 heavy (non-hydrogen) atoms. The Bertz CT molecular complexity index is 731. The van der Waals surface area contributed by atoms with Crippen LogP contribution in [0, 0.1) is 13.8 Å². The number of likely N-dealkylation sites (tertiary alicyclic amines) is 1. The van der Waals surface area contributed by atoms with Gasteiger partial charge in [-0.2, -0.15) is 0 Å². The van der Waals surface area contributed by atoms with E-state index in [0.717, 1.165) is 54.3 Å². The molecule has 3 heterocycles. The van der Waals surface area contributed by atoms with Crippen molar-refractivity contribution >= 4 is 5.91 Å². The van der Waals surface area contributed by atoms with Crippen LogP contribution in [0.3, 0.4) is 0 Å². The van der Waals surface area contributed by atoms with Gasteiger partial charge in [0.25, 0.3) is 0 Å². The van der Waals surface area contributed by atoms with E-state index in [9.17, 15) is 4.79 Å². The first-order valence-corrected chi connectivity index (χ1v) is 9.21. The number of hydrogen-bond donors (Lipinski definition) is 1. The summed E-state index contributed by atoms with van der Waals surface area (Å²) in [6, 6.07) is 0. The number of nitrogens with zero attached hydrogens (tertiary/aromatic N) is 4. The molecule has 7 nitrogen and oxygen atoms in total. The number of carbonyl (C=O) groups is 1. The van der Waals surface area contributed by atoms with Gasteiger partial charge in [-0.15, -0.1) is 0 Å². The third kappa shape index (κ3) is 4.46. The smallest absolute Gasteiger partial charge is 0.220 e. The Labute approximate surface area is 154 Å². The second-order valence-corrected chi connectivity index (χ2v) is 7.05. The number of aromatic nitrogens is 3. The minimum absolute atomic E-state index is 0.00461. The summed E-state index contributed by atoms with van der Waals surface area (Å²) in [4.78, 5) is 23.6. The van der Waals surface area contributed by atoms with Crippen molar-refractivity contribution in [3.8, 4) is 0 Å². The second kappa shape index (κ2) is 8.40. The maximum absolute atomic E-state index is 12.2. The molecule has 0 aromatic carbocycles. The second-order valence-electron chi connectivity index (χ2n) is 7.05. The van der Waals surface area contributed by atoms with Crippen LogP contribution in [0.2, 0.25) is 0 Å². The number of carbonyl (C=O) groups excluding carboxylic acids is 1. The van der Waals surface area contributed by atoms with Gasteiger partial charge in [0.2, 0.25) is 5.91 Å². The van der Waals surface area contributed by atoms with E-state index in [0.29, 0.717) is 25.3 Å². The lowest BCUT2D eigenvalue weighted by Crippen LogP contribution is -2.31. The molecule has 0 aliphatic carbocycles. The quantitative estimate of drug-likeness (QED) is 0.853. The van der Waals surface area contributed by atoms with Crippen molar-refractivity contribution in [3.63, 3.8) is 0 Å². The number of rotatable bonds is 6. The van der Waals surface area contributed by atoms with Gasteiger partial charge in [-0.25, -0.2) is 0 Å². The summed E-state index contributed by atoms with van der Waals surface area (Å²) in [5.74, 6) is 1.22. The summed E-state index contributed by atoms with van der Waals surface area (Å²) >= 11 is 0. The maximum Gasteiger partial charge on any atom is 0.220 e. The molecule has 0 atom stereocenters. The van der Waals surface area contributed by atoms with Crippen molar-refractivity contribution in [2.45, 2.75) is 52.0 Å². The van der Waals surface area contributed by atoms with Crippen molar-refractivity contribution in [3.05, 3.63) is 40.8 Å². The minimum atomic E-state index is 0.00461. The highest BCUT2D eigenvalue weighted by molar-refractivity contribution is 5.76. The van der Waals surface area contributed by atoms with Crippen LogP contribution in [-0.4, -0.2) is 46.1 Å². The number of piperidine rings is 1. The summed E-state index contributed by atoms with van der Waals surface area (Å²) < 4.78 is 5.14. The molecular weight excluding hydrogens is 330 g/mol. The maximum atomic E-state index is 12.2. The highest BCUT2D eigenvalue weighted by Gasteiger charge is 2.22. The molecule has 1 fully saturated rings. The first-order chi connectivity index (χ1) is 12.5. The molecule has 0 saturated carbocycles. The molecule has 140 valence electrons. The first kappa shape index (κ1) is 18.5. The molecule has 1 aliphatic rings. The fraction of sp³-hybridized carbons (Fsp3) is 0.579. The molecule has 1 N–H and O–H groups in total. The Morgan fingerprint density at radius 3 is 2.69 bits per heavy atom. The van der Waals surface area contributed by atoms with Gasteiger partial charge in [0.05, 0.1) is 23.6 Å². The summed E-state index contributed by atoms with van der Waals surface area (Å²) in [6.45, 7) is 6.35. The van der Waals surface area contributed by atoms with Crippen molar-refractivity contribution in [2.24, 2.45) is 0 Å². The van der Waals surface area contributed by atoms with Crippen LogP contribution >= 0.6 is 0 Å². The summed E-state index contributed by atoms with van der Waals surface area (Å²) in [6.07, 6.45) is 6.66. The number of nitrogens with one attached hydrogen (secondary N) is 1. The van der Waals surface area contributed by atoms with Gasteiger partial charge in [0.1, 0.15) is 5.76 Å². The predicted octanol–water partition coefficient (Wildman–Crippen LogP) is 2.14. The van der Waals surface area contributed by atoms with E-state index < -0.39 is 0 Å². The van der Waals surface area contributed by atoms with E-state index in [1.54, 1.807) is 12.4 Å². The Hall–Kier alpha value is -2.28. The zero-order chi connectivity index (χ0) is 18.5. The molecule has 0 unspecified atom stereocenters. The minimum Gasteiger partial charge on any atom is -0.361 e. The van der Waals surface area contributed by atoms with Crippen LogP contribution in [0.5, 0.6) is 0 Å². The van der Waals surface area contributed by atoms with Gasteiger partial charge < -0.3 is 14.7 Å². The monoisotopic (exact) mass is 357 g/mol. The van der Waals surface area contributed by atoms with Crippen LogP contribution in [0.1, 0.15) is 53.6 Å². The Morgan fingerprint density at radius 1 is 1.27 bits per heavy atom. The van der Waals surface area contributed by atoms with Crippen molar-refractivity contribution in [2.75, 3.05) is 20.1 Å². The molecule has 0 radical (unpaired) electrons. The Balaban J connectivity index is 1.55. The van der Waals surface area contributed by atoms with Gasteiger partial charge in [-0.3, -0.25) is 14.8 Å². The van der Waals surface area contributed by atoms with Crippen LogP contribution < -0.4 is 5.32 Å². The molecule has 3 rings (SSSR count). The first-order valence-electron chi connectivity index (χ1n) is 9.21. The Morgan fingerprint density at radius 2 is 2.00 bits per heavy atom. The lowest BCUT2D eigenvalue weighted by atomic mass is 9.92. The third-order valence-electron chi connectivity index (χ3n) is 5.15. The van der Waals surface area contributed by atoms with E-state index >= 15 is 0 Å². The van der Waals surface area contributed by atoms with Crippen molar-refractivity contribution in [1.29, 1.82) is 0 Å². The third-order valence-corrected chi connectivity index (χ3v) is 5.15. The molecule has 1 amide bonds. The predicted molar refractivity (Wildman–Crippen MR) is 97.6 cm³/mol. The molecule has 1 saturated heterocycles. The van der Waals surface area contributed by atoms with Crippen molar-refractivity contribution < 1.29 is 9.32 Å². The van der Waals surface area contributed by atoms with Gasteiger partial charge in [0, 0.05) is 30.3 Å². The van der Waals surface area contributed by atoms with Gasteiger partial charge >= 0.3 is 0 Å². The average molecular weight is 357 g/mol. The van der Waals surface area contributed by atoms with Crippen molar-refractivity contribution in [1.82, 2.24) is 25.3 Å². The fourth-order valence-corrected chi connectivity index (χ4v) is 3.50. The summed E-state index contributed by atoms with van der Waals surface area (Å²) in [7, 11) is 2.15. The van der Waals surface area contributed by atoms with Crippen LogP contribution in [0.15, 0.2) is 16.9 Å². The standard InChI is InChI=1S/C19H27N5O2/c1-13-16(14(2)26-23-13)4-5-18(25)22-12-17-19(21-9-8-20-17)15-6-10-24(3)11-7-15/h8-9,15H,4-7,10-12H2,1-3H3,(H,22,25). The molecular formula is C19H27N5O2. The largest absolute Gasteiger partial charge is 0.361 e. The molecule has 1 aliphatic heterocycles. The lowest BCUT2D eigenvalue weighted by molar-refractivity contribution is -0.121. The number of aryl methyl sites for hydroxylation is 2. The van der Waals surface area contributed by atoms with Crippen LogP contribution in [-0.2, 0) is 17.8 Å². The molecule has 2 aromatic heterocycles. The van der Waals surface area contributed by atoms with Crippen LogP contribution in [0.4, 0.5) is 0 Å². The molecule has 2 aromatic rings. The SMILES string of the molecule is Cc1noc(C)c1CCC(=O)NCc1nccnc1C1CCN(C)CC1. The fourth-order valence-electron chi connectivity index (χ4n) is 3.50. The van der Waals surface area contributed by atoms with E-state index in [4.69, 9.17) is 4.52 Å². The van der Waals surface area contributed by atoms with Gasteiger partial charge in [-0.05, 0) is 53.2 Å². The number of amides is 1. The van der Waals surface area contributed by atoms with Gasteiger partial charge in [-0.1, -0.05) is 5.16 Å². The highest BCUT2D eigenvalue weighted by atomic mass is 16.5. The lowest BCUT2D eigenvalue weighted by Gasteiger charge is -2.29. The van der Waals surface area contributed by atoms with E-state index in [2.05, 4.69) is 32.4 Å². The van der Waals surface area contributed by atoms with E-state index in [-0.39, 0.29) is 5.91 Å². The number of hydrogen-bond acceptors (Lipinski definition) is 6. The molecule has 7 heteroatoms. The van der Waals surface area contributed by atoms with Gasteiger partial charge in [0.15, 0.2) is 0 Å². The zero-order valence-electron chi connectivity index (χ0n) is 15.8. The molecule has 0 spiro atoms. The summed E-state index contributed by atoms with van der Waals surface area (Å²) in [5.41, 5.74) is 3.79. The zero-order valence-corrected chi connectivity index (χ0v) is 15.8. The Kier molecular flexibility index (Phi) is 5.98. The summed E-state index contributed by atoms with van der Waals surface area (Å²) in [5, 5.41) is 6.91.